The first-order chi connectivity index (χ1) is 9.99. The molecule has 0 aromatic heterocycles. The summed E-state index contributed by atoms with van der Waals surface area (Å²) in [6.45, 7) is 14.5. The maximum atomic E-state index is 3.76. The molecule has 0 aromatic carbocycles. The van der Waals surface area contributed by atoms with Gasteiger partial charge in [-0.3, -0.25) is 0 Å². The molecule has 124 valence electrons. The number of rotatable bonds is 5. The molecule has 2 unspecified atom stereocenters. The van der Waals surface area contributed by atoms with E-state index in [1.807, 2.05) is 0 Å². The Balaban J connectivity index is 2.00. The minimum absolute atomic E-state index is 0.530. The van der Waals surface area contributed by atoms with Crippen molar-refractivity contribution in [2.75, 3.05) is 26.2 Å². The molecule has 2 rings (SSSR count). The maximum absolute atomic E-state index is 3.76. The molecule has 1 N–H and O–H groups in total. The molecule has 0 amide bonds. The summed E-state index contributed by atoms with van der Waals surface area (Å²) in [7, 11) is 0. The highest BCUT2D eigenvalue weighted by atomic mass is 32.2. The summed E-state index contributed by atoms with van der Waals surface area (Å²) < 4.78 is 0. The van der Waals surface area contributed by atoms with E-state index in [1.54, 1.807) is 0 Å². The topological polar surface area (TPSA) is 15.3 Å². The first-order valence-corrected chi connectivity index (χ1v) is 10.0. The molecule has 1 saturated carbocycles. The molecule has 2 atom stereocenters. The molecule has 0 radical (unpaired) electrons. The van der Waals surface area contributed by atoms with Crippen LogP contribution in [0.2, 0.25) is 0 Å². The van der Waals surface area contributed by atoms with Gasteiger partial charge in [-0.05, 0) is 18.3 Å². The molecule has 2 aliphatic rings. The Bertz CT molecular complexity index is 288. The molecule has 1 aliphatic heterocycles. The van der Waals surface area contributed by atoms with Gasteiger partial charge in [0.2, 0.25) is 0 Å². The lowest BCUT2D eigenvalue weighted by Crippen LogP contribution is -2.50. The smallest absolute Gasteiger partial charge is 0.0149 e. The zero-order valence-corrected chi connectivity index (χ0v) is 15.5. The molecule has 3 heteroatoms. The summed E-state index contributed by atoms with van der Waals surface area (Å²) in [5, 5.41) is 5.37. The predicted octanol–water partition coefficient (Wildman–Crippen LogP) is 4.15. The van der Waals surface area contributed by atoms with Crippen LogP contribution < -0.4 is 5.32 Å². The lowest BCUT2D eigenvalue weighted by atomic mass is 9.79. The molecule has 2 nitrogen and oxygen atoms in total. The van der Waals surface area contributed by atoms with Crippen molar-refractivity contribution in [2.24, 2.45) is 5.41 Å². The predicted molar refractivity (Wildman–Crippen MR) is 96.2 cm³/mol. The van der Waals surface area contributed by atoms with Gasteiger partial charge in [-0.1, -0.05) is 53.4 Å². The van der Waals surface area contributed by atoms with E-state index < -0.39 is 0 Å². The van der Waals surface area contributed by atoms with Crippen molar-refractivity contribution in [3.8, 4) is 0 Å². The van der Waals surface area contributed by atoms with E-state index >= 15 is 0 Å². The molecule has 0 aromatic rings. The molecule has 1 saturated heterocycles. The van der Waals surface area contributed by atoms with Crippen molar-refractivity contribution in [3.05, 3.63) is 0 Å². The van der Waals surface area contributed by atoms with Crippen molar-refractivity contribution in [3.63, 3.8) is 0 Å². The quantitative estimate of drug-likeness (QED) is 0.768. The van der Waals surface area contributed by atoms with Crippen LogP contribution >= 0.6 is 11.8 Å². The monoisotopic (exact) mass is 312 g/mol. The second-order valence-electron chi connectivity index (χ2n) is 7.90. The van der Waals surface area contributed by atoms with Gasteiger partial charge in [0, 0.05) is 42.7 Å². The first kappa shape index (κ1) is 17.6. The van der Waals surface area contributed by atoms with Crippen molar-refractivity contribution >= 4 is 11.8 Å². The third kappa shape index (κ3) is 5.76. The van der Waals surface area contributed by atoms with E-state index in [0.29, 0.717) is 11.5 Å². The fourth-order valence-corrected chi connectivity index (χ4v) is 5.56. The lowest BCUT2D eigenvalue weighted by Gasteiger charge is -2.43. The van der Waals surface area contributed by atoms with Crippen LogP contribution in [-0.2, 0) is 0 Å². The van der Waals surface area contributed by atoms with Crippen LogP contribution in [0, 0.1) is 5.41 Å². The van der Waals surface area contributed by atoms with Crippen LogP contribution in [-0.4, -0.2) is 47.6 Å². The normalized spacial score (nSPS) is 31.3. The molecular formula is C18H36N2S. The first-order valence-electron chi connectivity index (χ1n) is 9.10. The summed E-state index contributed by atoms with van der Waals surface area (Å²) in [5.74, 6) is 0. The third-order valence-electron chi connectivity index (χ3n) is 5.10. The Kier molecular flexibility index (Phi) is 6.89. The zero-order valence-electron chi connectivity index (χ0n) is 14.7. The lowest BCUT2D eigenvalue weighted by molar-refractivity contribution is 0.123. The number of nitrogens with zero attached hydrogens (tertiary/aromatic N) is 1. The van der Waals surface area contributed by atoms with E-state index in [4.69, 9.17) is 0 Å². The molecule has 0 spiro atoms. The summed E-state index contributed by atoms with van der Waals surface area (Å²) in [5.41, 5.74) is 0.530. The van der Waals surface area contributed by atoms with Gasteiger partial charge in [0.05, 0.1) is 0 Å². The van der Waals surface area contributed by atoms with Gasteiger partial charge in [0.1, 0.15) is 0 Å². The Morgan fingerprint density at radius 3 is 2.14 bits per heavy atom. The Labute approximate surface area is 136 Å². The van der Waals surface area contributed by atoms with Crippen LogP contribution in [0.5, 0.6) is 0 Å². The van der Waals surface area contributed by atoms with Crippen molar-refractivity contribution in [2.45, 2.75) is 82.8 Å². The van der Waals surface area contributed by atoms with Gasteiger partial charge in [0.25, 0.3) is 0 Å². The van der Waals surface area contributed by atoms with Gasteiger partial charge < -0.3 is 10.2 Å². The Morgan fingerprint density at radius 1 is 1.05 bits per heavy atom. The average molecular weight is 313 g/mol. The molecule has 1 aliphatic carbocycles. The van der Waals surface area contributed by atoms with Gasteiger partial charge in [-0.15, -0.1) is 0 Å². The average Bonchev–Trinajstić information content (AvgIpc) is 2.61. The second-order valence-corrected chi connectivity index (χ2v) is 9.78. The van der Waals surface area contributed by atoms with Gasteiger partial charge >= 0.3 is 0 Å². The van der Waals surface area contributed by atoms with E-state index in [2.05, 4.69) is 49.7 Å². The fourth-order valence-electron chi connectivity index (χ4n) is 4.18. The molecule has 21 heavy (non-hydrogen) atoms. The highest BCUT2D eigenvalue weighted by Gasteiger charge is 2.35. The van der Waals surface area contributed by atoms with Crippen molar-refractivity contribution in [1.82, 2.24) is 10.2 Å². The maximum Gasteiger partial charge on any atom is 0.0149 e. The molecular weight excluding hydrogens is 276 g/mol. The highest BCUT2D eigenvalue weighted by molar-refractivity contribution is 8.00. The van der Waals surface area contributed by atoms with Crippen molar-refractivity contribution < 1.29 is 0 Å². The number of nitrogens with one attached hydrogen (secondary N) is 1. The molecule has 1 heterocycles. The molecule has 0 bridgehead atoms. The number of thioether (sulfide) groups is 1. The largest absolute Gasteiger partial charge is 0.314 e. The SMILES string of the molecule is CC(C)NCC1(CN2CC(C)SC(C)C2)CCCCCC1. The van der Waals surface area contributed by atoms with Crippen LogP contribution in [0.3, 0.4) is 0 Å². The number of hydrogen-bond acceptors (Lipinski definition) is 3. The summed E-state index contributed by atoms with van der Waals surface area (Å²) >= 11 is 2.17. The third-order valence-corrected chi connectivity index (χ3v) is 6.33. The fraction of sp³-hybridized carbons (Fsp3) is 1.00. The van der Waals surface area contributed by atoms with Crippen LogP contribution in [0.4, 0.5) is 0 Å². The minimum Gasteiger partial charge on any atom is -0.314 e. The van der Waals surface area contributed by atoms with Gasteiger partial charge in [0.15, 0.2) is 0 Å². The molecule has 2 fully saturated rings. The highest BCUT2D eigenvalue weighted by Crippen LogP contribution is 2.37. The van der Waals surface area contributed by atoms with E-state index in [-0.39, 0.29) is 0 Å². The summed E-state index contributed by atoms with van der Waals surface area (Å²) in [6, 6.07) is 0.611. The van der Waals surface area contributed by atoms with Crippen LogP contribution in [0.25, 0.3) is 0 Å². The zero-order chi connectivity index (χ0) is 15.3. The van der Waals surface area contributed by atoms with E-state index in [0.717, 1.165) is 10.5 Å². The summed E-state index contributed by atoms with van der Waals surface area (Å²) in [4.78, 5) is 2.78. The number of hydrogen-bond donors (Lipinski definition) is 1. The van der Waals surface area contributed by atoms with Crippen LogP contribution in [0.15, 0.2) is 0 Å². The summed E-state index contributed by atoms with van der Waals surface area (Å²) in [6.07, 6.45) is 8.64. The second kappa shape index (κ2) is 8.21. The van der Waals surface area contributed by atoms with Crippen LogP contribution in [0.1, 0.15) is 66.2 Å². The van der Waals surface area contributed by atoms with Gasteiger partial charge in [-0.2, -0.15) is 11.8 Å². The van der Waals surface area contributed by atoms with Crippen molar-refractivity contribution in [1.29, 1.82) is 0 Å². The Hall–Kier alpha value is 0.270. The standard InChI is InChI=1S/C18H36N2S/c1-15(2)19-13-18(9-7-5-6-8-10-18)14-20-11-16(3)21-17(4)12-20/h15-17,19H,5-14H2,1-4H3. The Morgan fingerprint density at radius 2 is 1.62 bits per heavy atom. The van der Waals surface area contributed by atoms with E-state index in [9.17, 15) is 0 Å². The van der Waals surface area contributed by atoms with E-state index in [1.165, 1.54) is 64.7 Å². The van der Waals surface area contributed by atoms with Gasteiger partial charge in [-0.25, -0.2) is 0 Å². The minimum atomic E-state index is 0.530.